The predicted molar refractivity (Wildman–Crippen MR) is 321 cm³/mol. The maximum absolute atomic E-state index is 15.0. The fraction of sp³-hybridized carbons (Fsp3) is 0.448. The van der Waals surface area contributed by atoms with Crippen molar-refractivity contribution in [2.45, 2.75) is 166 Å². The van der Waals surface area contributed by atoms with Crippen LogP contribution < -0.4 is 37.2 Å². The zero-order chi connectivity index (χ0) is 59.0. The van der Waals surface area contributed by atoms with E-state index < -0.39 is 47.7 Å². The van der Waals surface area contributed by atoms with E-state index in [2.05, 4.69) is 55.4 Å². The molecule has 2 aliphatic carbocycles. The molecular formula is C67H83N9O7. The van der Waals surface area contributed by atoms with E-state index in [-0.39, 0.29) is 79.4 Å². The Hall–Kier alpha value is -7.69. The molecule has 7 amide bonds. The number of rotatable bonds is 19. The Labute approximate surface area is 489 Å². The summed E-state index contributed by atoms with van der Waals surface area (Å²) in [4.78, 5) is 102. The summed E-state index contributed by atoms with van der Waals surface area (Å²) >= 11 is 0. The molecule has 2 aliphatic heterocycles. The van der Waals surface area contributed by atoms with Crippen molar-refractivity contribution in [1.29, 1.82) is 0 Å². The highest BCUT2D eigenvalue weighted by atomic mass is 16.2. The van der Waals surface area contributed by atoms with Gasteiger partial charge >= 0.3 is 0 Å². The van der Waals surface area contributed by atoms with Crippen molar-refractivity contribution in [3.8, 4) is 0 Å². The van der Waals surface area contributed by atoms with Crippen LogP contribution in [-0.2, 0) is 73.8 Å². The molecule has 9 rings (SSSR count). The van der Waals surface area contributed by atoms with Crippen LogP contribution in [0, 0.1) is 5.41 Å². The van der Waals surface area contributed by atoms with Crippen molar-refractivity contribution in [3.63, 3.8) is 0 Å². The van der Waals surface area contributed by atoms with Crippen LogP contribution in [0.2, 0.25) is 0 Å². The normalized spacial score (nSPS) is 20.7. The second-order valence-electron chi connectivity index (χ2n) is 24.3. The topological polar surface area (TPSA) is 210 Å². The molecule has 1 saturated heterocycles. The number of nitrogens with zero attached hydrogens (tertiary/aromatic N) is 2. The highest BCUT2D eigenvalue weighted by Gasteiger charge is 2.46. The van der Waals surface area contributed by atoms with E-state index in [0.29, 0.717) is 24.8 Å². The van der Waals surface area contributed by atoms with E-state index >= 15 is 0 Å². The smallest absolute Gasteiger partial charge is 0.251 e. The largest absolute Gasteiger partial charge is 0.347 e. The fourth-order valence-electron chi connectivity index (χ4n) is 12.3. The Kier molecular flexibility index (Phi) is 19.3. The van der Waals surface area contributed by atoms with Gasteiger partial charge in [0, 0.05) is 37.5 Å². The number of aryl methyl sites for hydroxylation is 4. The van der Waals surface area contributed by atoms with Gasteiger partial charge < -0.3 is 47.0 Å². The summed E-state index contributed by atoms with van der Waals surface area (Å²) in [5.41, 5.74) is 9.32. The van der Waals surface area contributed by atoms with Crippen LogP contribution in [0.15, 0.2) is 121 Å². The highest BCUT2D eigenvalue weighted by molar-refractivity contribution is 5.97. The number of benzene rings is 5. The number of hydrogen-bond donors (Lipinski definition) is 7. The van der Waals surface area contributed by atoms with E-state index in [4.69, 9.17) is 0 Å². The first kappa shape index (κ1) is 59.9. The average Bonchev–Trinajstić information content (AvgIpc) is 3.99. The third-order valence-corrected chi connectivity index (χ3v) is 17.5. The molecule has 5 aromatic rings. The van der Waals surface area contributed by atoms with E-state index in [1.807, 2.05) is 112 Å². The highest BCUT2D eigenvalue weighted by Crippen LogP contribution is 2.34. The second-order valence-corrected chi connectivity index (χ2v) is 24.3. The molecule has 5 aromatic carbocycles. The molecule has 438 valence electrons. The molecule has 9 atom stereocenters. The third kappa shape index (κ3) is 14.4. The van der Waals surface area contributed by atoms with E-state index in [9.17, 15) is 33.6 Å². The molecule has 2 heterocycles. The lowest BCUT2D eigenvalue weighted by atomic mass is 9.85. The zero-order valence-corrected chi connectivity index (χ0v) is 49.2. The van der Waals surface area contributed by atoms with E-state index in [0.717, 1.165) is 77.5 Å². The third-order valence-electron chi connectivity index (χ3n) is 17.5. The lowest BCUT2D eigenvalue weighted by Gasteiger charge is -2.39. The number of likely N-dealkylation sites (tertiary alicyclic amines) is 1. The lowest BCUT2D eigenvalue weighted by molar-refractivity contribution is -0.145. The van der Waals surface area contributed by atoms with Gasteiger partial charge in [0.25, 0.3) is 5.91 Å². The van der Waals surface area contributed by atoms with Crippen molar-refractivity contribution < 1.29 is 33.6 Å². The maximum atomic E-state index is 15.0. The average molecular weight is 1130 g/mol. The number of hydrogen-bond acceptors (Lipinski definition) is 9. The van der Waals surface area contributed by atoms with Gasteiger partial charge in [0.1, 0.15) is 24.2 Å². The van der Waals surface area contributed by atoms with Gasteiger partial charge in [0.05, 0.1) is 24.2 Å². The summed E-state index contributed by atoms with van der Waals surface area (Å²) in [7, 11) is 3.37. The number of fused-ring (bicyclic) bond motifs is 3. The van der Waals surface area contributed by atoms with Gasteiger partial charge in [0.15, 0.2) is 0 Å². The second kappa shape index (κ2) is 26.7. The van der Waals surface area contributed by atoms with Crippen molar-refractivity contribution in [1.82, 2.24) is 47.0 Å². The summed E-state index contributed by atoms with van der Waals surface area (Å²) in [5.74, 6) is -2.17. The molecule has 5 unspecified atom stereocenters. The quantitative estimate of drug-likeness (QED) is 0.0495. The van der Waals surface area contributed by atoms with Crippen molar-refractivity contribution >= 4 is 41.4 Å². The lowest BCUT2D eigenvalue weighted by Crippen LogP contribution is -2.59. The van der Waals surface area contributed by atoms with Crippen molar-refractivity contribution in [2.75, 3.05) is 20.6 Å². The van der Waals surface area contributed by atoms with Crippen molar-refractivity contribution in [3.05, 3.63) is 177 Å². The van der Waals surface area contributed by atoms with Gasteiger partial charge in [-0.05, 0) is 153 Å². The predicted octanol–water partition coefficient (Wildman–Crippen LogP) is 6.29. The van der Waals surface area contributed by atoms with Gasteiger partial charge in [-0.1, -0.05) is 130 Å². The number of nitrogens with one attached hydrogen (secondary N) is 7. The summed E-state index contributed by atoms with van der Waals surface area (Å²) in [5, 5.41) is 21.6. The zero-order valence-electron chi connectivity index (χ0n) is 49.2. The molecule has 0 spiro atoms. The Bertz CT molecular complexity index is 3160. The molecular weight excluding hydrogens is 1040 g/mol. The van der Waals surface area contributed by atoms with Gasteiger partial charge in [-0.15, -0.1) is 0 Å². The van der Waals surface area contributed by atoms with Crippen LogP contribution in [0.5, 0.6) is 0 Å². The monoisotopic (exact) mass is 1130 g/mol. The minimum atomic E-state index is -0.941. The summed E-state index contributed by atoms with van der Waals surface area (Å²) in [6, 6.07) is 34.2. The summed E-state index contributed by atoms with van der Waals surface area (Å²) < 4.78 is 0. The molecule has 7 N–H and O–H groups in total. The number of carbonyl (C=O) groups is 7. The Morgan fingerprint density at radius 2 is 1.05 bits per heavy atom. The van der Waals surface area contributed by atoms with Gasteiger partial charge in [0.2, 0.25) is 35.4 Å². The van der Waals surface area contributed by atoms with Crippen LogP contribution in [0.25, 0.3) is 0 Å². The van der Waals surface area contributed by atoms with Crippen molar-refractivity contribution in [2.24, 2.45) is 5.41 Å². The number of carbonyl (C=O) groups excluding carboxylic acids is 7. The molecule has 83 heavy (non-hydrogen) atoms. The van der Waals surface area contributed by atoms with Crippen LogP contribution in [0.4, 0.5) is 0 Å². The van der Waals surface area contributed by atoms with Crippen LogP contribution >= 0.6 is 0 Å². The SMILES string of the molecule is CNC(C)C(=O)NC(Cc1ccc(CCc2ccc(C(=O)N[C@H]3C[C@@H](C(=O)N[C@@H]4CCCc5ccccc54)N(C(=O)C(NC(=O)C(C)NC)C(C)(C)C)C3)cc2)cc1)C(=O)N1Cc2ccccc2CC1C(=O)N[C@@H]1CCCc2ccccc21. The van der Waals surface area contributed by atoms with Gasteiger partial charge in [-0.2, -0.15) is 0 Å². The molecule has 16 heteroatoms. The van der Waals surface area contributed by atoms with E-state index in [1.165, 1.54) is 16.0 Å². The minimum absolute atomic E-state index is 0.0924. The number of amides is 7. The first-order valence-corrected chi connectivity index (χ1v) is 29.8. The van der Waals surface area contributed by atoms with Gasteiger partial charge in [-0.3, -0.25) is 33.6 Å². The summed E-state index contributed by atoms with van der Waals surface area (Å²) in [6.45, 7) is 9.44. The minimum Gasteiger partial charge on any atom is -0.347 e. The molecule has 0 radical (unpaired) electrons. The Morgan fingerprint density at radius 1 is 0.554 bits per heavy atom. The molecule has 1 fully saturated rings. The molecule has 4 aliphatic rings. The Balaban J connectivity index is 0.844. The summed E-state index contributed by atoms with van der Waals surface area (Å²) in [6.07, 6.45) is 7.54. The molecule has 16 nitrogen and oxygen atoms in total. The van der Waals surface area contributed by atoms with Crippen LogP contribution in [0.3, 0.4) is 0 Å². The fourth-order valence-corrected chi connectivity index (χ4v) is 12.3. The molecule has 0 bridgehead atoms. The van der Waals surface area contributed by atoms with E-state index in [1.54, 1.807) is 45.0 Å². The van der Waals surface area contributed by atoms with Gasteiger partial charge in [-0.25, -0.2) is 0 Å². The molecule has 0 aromatic heterocycles. The van der Waals surface area contributed by atoms with Crippen LogP contribution in [-0.4, -0.2) is 114 Å². The standard InChI is InChI=1S/C67H83N9O7/c1-41(68-6)60(77)73-56(65(82)75-39-50-19-9-8-18-49(50)37-57(75)63(80)71-54-24-14-20-46-16-10-12-22-52(46)54)36-45-30-28-43(29-31-45)26-27-44-32-34-48(35-33-44)62(79)70-51-38-58(64(81)72-55-25-15-21-47-17-11-13-23-53(47)55)76(40-51)66(83)59(67(3,4)5)74-61(78)42(2)69-7/h8-13,16-19,22-23,28-35,41-42,51,54-59,68-69H,14-15,20-21,24-27,36-40H2,1-7H3,(H,70,79)(H,71,80)(H,72,81)(H,73,77)(H,74,78)/t41?,42?,51-,54+,55+,56?,57?,58-,59?/m0/s1. The van der Waals surface area contributed by atoms with Crippen LogP contribution in [0.1, 0.15) is 139 Å². The maximum Gasteiger partial charge on any atom is 0.251 e. The molecule has 0 saturated carbocycles. The first-order valence-electron chi connectivity index (χ1n) is 29.8. The first-order chi connectivity index (χ1) is 39.9. The Morgan fingerprint density at radius 3 is 1.60 bits per heavy atom. The number of likely N-dealkylation sites (N-methyl/N-ethyl adjacent to an activating group) is 2.